The molecular weight excluding hydrogens is 544 g/mol. The van der Waals surface area contributed by atoms with Crippen LogP contribution in [0.5, 0.6) is 34.5 Å². The lowest BCUT2D eigenvalue weighted by molar-refractivity contribution is 0.104. The van der Waals surface area contributed by atoms with Gasteiger partial charge in [0.05, 0.1) is 45.7 Å². The SMILES string of the molecule is COc1cc(OCC(C)C)cc(/C=C\C(=O)c2cc(OCC(C)C)cc(OCC(C)C)c2OCC(C)C)c1OCC(C)C. The van der Waals surface area contributed by atoms with Crippen molar-refractivity contribution in [2.24, 2.45) is 29.6 Å². The van der Waals surface area contributed by atoms with Crippen molar-refractivity contribution in [2.75, 3.05) is 40.1 Å². The Morgan fingerprint density at radius 1 is 0.581 bits per heavy atom. The maximum atomic E-state index is 13.9. The fourth-order valence-electron chi connectivity index (χ4n) is 3.75. The lowest BCUT2D eigenvalue weighted by Crippen LogP contribution is -2.13. The van der Waals surface area contributed by atoms with E-state index in [-0.39, 0.29) is 11.7 Å². The summed E-state index contributed by atoms with van der Waals surface area (Å²) in [6.45, 7) is 23.3. The summed E-state index contributed by atoms with van der Waals surface area (Å²) in [7, 11) is 1.60. The van der Waals surface area contributed by atoms with Gasteiger partial charge in [-0.1, -0.05) is 69.2 Å². The Morgan fingerprint density at radius 3 is 1.53 bits per heavy atom. The maximum Gasteiger partial charge on any atom is 0.189 e. The number of carbonyl (C=O) groups excluding carboxylic acids is 1. The van der Waals surface area contributed by atoms with Crippen molar-refractivity contribution in [1.29, 1.82) is 0 Å². The van der Waals surface area contributed by atoms with Gasteiger partial charge in [0, 0.05) is 17.7 Å². The van der Waals surface area contributed by atoms with Gasteiger partial charge < -0.3 is 28.4 Å². The fraction of sp³-hybridized carbons (Fsp3) is 0.583. The van der Waals surface area contributed by atoms with E-state index in [2.05, 4.69) is 69.2 Å². The van der Waals surface area contributed by atoms with Crippen molar-refractivity contribution >= 4 is 11.9 Å². The third-order valence-electron chi connectivity index (χ3n) is 5.85. The zero-order valence-electron chi connectivity index (χ0n) is 28.2. The van der Waals surface area contributed by atoms with Crippen LogP contribution in [0, 0.1) is 29.6 Å². The van der Waals surface area contributed by atoms with Crippen LogP contribution in [0.4, 0.5) is 0 Å². The monoisotopic (exact) mass is 598 g/mol. The minimum absolute atomic E-state index is 0.245. The molecule has 0 aromatic heterocycles. The second kappa shape index (κ2) is 17.7. The number of rotatable bonds is 19. The third-order valence-corrected chi connectivity index (χ3v) is 5.85. The van der Waals surface area contributed by atoms with Crippen molar-refractivity contribution in [3.63, 3.8) is 0 Å². The van der Waals surface area contributed by atoms with E-state index in [4.69, 9.17) is 28.4 Å². The van der Waals surface area contributed by atoms with E-state index >= 15 is 0 Å². The van der Waals surface area contributed by atoms with Crippen LogP contribution in [-0.2, 0) is 0 Å². The first-order valence-corrected chi connectivity index (χ1v) is 15.6. The Balaban J connectivity index is 2.62. The third kappa shape index (κ3) is 12.4. The van der Waals surface area contributed by atoms with Gasteiger partial charge in [0.1, 0.15) is 11.5 Å². The average molecular weight is 599 g/mol. The van der Waals surface area contributed by atoms with Crippen LogP contribution in [0.25, 0.3) is 6.08 Å². The minimum atomic E-state index is -0.245. The molecule has 0 fully saturated rings. The summed E-state index contributed by atoms with van der Waals surface area (Å²) in [6, 6.07) is 7.26. The first-order chi connectivity index (χ1) is 20.3. The molecule has 0 radical (unpaired) electrons. The summed E-state index contributed by atoms with van der Waals surface area (Å²) in [4.78, 5) is 13.9. The molecular formula is C36H54O7. The number of benzene rings is 2. The quantitative estimate of drug-likeness (QED) is 0.118. The largest absolute Gasteiger partial charge is 0.493 e. The van der Waals surface area contributed by atoms with Crippen LogP contribution < -0.4 is 28.4 Å². The fourth-order valence-corrected chi connectivity index (χ4v) is 3.75. The number of ether oxygens (including phenoxy) is 6. The summed E-state index contributed by atoms with van der Waals surface area (Å²) >= 11 is 0. The number of ketones is 1. The summed E-state index contributed by atoms with van der Waals surface area (Å²) in [5.74, 6) is 4.51. The van der Waals surface area contributed by atoms with Crippen LogP contribution in [0.15, 0.2) is 30.3 Å². The summed E-state index contributed by atoms with van der Waals surface area (Å²) in [6.07, 6.45) is 3.27. The van der Waals surface area contributed by atoms with Gasteiger partial charge in [0.25, 0.3) is 0 Å². The van der Waals surface area contributed by atoms with E-state index in [0.29, 0.717) is 102 Å². The Bertz CT molecular complexity index is 1180. The standard InChI is InChI=1S/C36H54O7/c1-23(2)18-39-29-14-28(35(33(16-29)38-11)42-21-26(7)8)12-13-32(37)31-15-30(40-19-24(3)4)17-34(41-20-25(5)6)36(31)43-22-27(9)10/h12-17,23-27H,18-22H2,1-11H3/b13-12-. The Morgan fingerprint density at radius 2 is 1.02 bits per heavy atom. The van der Waals surface area contributed by atoms with Gasteiger partial charge in [0.15, 0.2) is 28.8 Å². The molecule has 0 aliphatic carbocycles. The lowest BCUT2D eigenvalue weighted by Gasteiger charge is -2.20. The molecule has 0 saturated carbocycles. The van der Waals surface area contributed by atoms with Gasteiger partial charge in [-0.05, 0) is 53.9 Å². The highest BCUT2D eigenvalue weighted by Crippen LogP contribution is 2.39. The van der Waals surface area contributed by atoms with Gasteiger partial charge in [-0.2, -0.15) is 0 Å². The Hall–Kier alpha value is -3.35. The second-order valence-electron chi connectivity index (χ2n) is 13.1. The Labute approximate surface area is 259 Å². The average Bonchev–Trinajstić information content (AvgIpc) is 2.94. The molecule has 2 rings (SSSR count). The molecule has 2 aromatic rings. The molecule has 7 heteroatoms. The first kappa shape index (κ1) is 35.8. The van der Waals surface area contributed by atoms with Gasteiger partial charge in [-0.25, -0.2) is 0 Å². The van der Waals surface area contributed by atoms with E-state index in [1.807, 2.05) is 18.2 Å². The van der Waals surface area contributed by atoms with Gasteiger partial charge >= 0.3 is 0 Å². The second-order valence-corrected chi connectivity index (χ2v) is 13.1. The van der Waals surface area contributed by atoms with Gasteiger partial charge in [-0.15, -0.1) is 0 Å². The first-order valence-electron chi connectivity index (χ1n) is 15.6. The maximum absolute atomic E-state index is 13.9. The van der Waals surface area contributed by atoms with E-state index in [1.165, 1.54) is 6.08 Å². The summed E-state index contributed by atoms with van der Waals surface area (Å²) in [5, 5.41) is 0. The number of carbonyl (C=O) groups is 1. The van der Waals surface area contributed by atoms with Crippen molar-refractivity contribution in [1.82, 2.24) is 0 Å². The van der Waals surface area contributed by atoms with Crippen LogP contribution in [-0.4, -0.2) is 45.9 Å². The van der Waals surface area contributed by atoms with E-state index in [1.54, 1.807) is 19.3 Å². The van der Waals surface area contributed by atoms with Gasteiger partial charge in [0.2, 0.25) is 0 Å². The van der Waals surface area contributed by atoms with Crippen molar-refractivity contribution in [3.05, 3.63) is 41.5 Å². The van der Waals surface area contributed by atoms with Crippen LogP contribution in [0.1, 0.15) is 85.2 Å². The molecule has 7 nitrogen and oxygen atoms in total. The summed E-state index contributed by atoms with van der Waals surface area (Å²) < 4.78 is 36.3. The Kier molecular flexibility index (Phi) is 14.7. The highest BCUT2D eigenvalue weighted by atomic mass is 16.5. The molecule has 0 atom stereocenters. The molecule has 0 bridgehead atoms. The van der Waals surface area contributed by atoms with E-state index in [0.717, 1.165) is 0 Å². The molecule has 0 heterocycles. The minimum Gasteiger partial charge on any atom is -0.493 e. The molecule has 0 unspecified atom stereocenters. The highest BCUT2D eigenvalue weighted by molar-refractivity contribution is 6.09. The number of allylic oxidation sites excluding steroid dienone is 1. The highest BCUT2D eigenvalue weighted by Gasteiger charge is 2.21. The van der Waals surface area contributed by atoms with Crippen molar-refractivity contribution < 1.29 is 33.2 Å². The lowest BCUT2D eigenvalue weighted by atomic mass is 10.1. The topological polar surface area (TPSA) is 72.5 Å². The number of hydrogen-bond acceptors (Lipinski definition) is 7. The van der Waals surface area contributed by atoms with Crippen LogP contribution >= 0.6 is 0 Å². The summed E-state index contributed by atoms with van der Waals surface area (Å²) in [5.41, 5.74) is 1.06. The zero-order chi connectivity index (χ0) is 32.1. The molecule has 0 N–H and O–H groups in total. The molecule has 0 aliphatic rings. The molecule has 0 amide bonds. The van der Waals surface area contributed by atoms with E-state index in [9.17, 15) is 4.79 Å². The smallest absolute Gasteiger partial charge is 0.189 e. The molecule has 0 aliphatic heterocycles. The predicted molar refractivity (Wildman–Crippen MR) is 174 cm³/mol. The molecule has 2 aromatic carbocycles. The van der Waals surface area contributed by atoms with E-state index < -0.39 is 0 Å². The predicted octanol–water partition coefficient (Wildman–Crippen LogP) is 8.77. The van der Waals surface area contributed by atoms with Gasteiger partial charge in [-0.3, -0.25) is 4.79 Å². The van der Waals surface area contributed by atoms with Crippen molar-refractivity contribution in [2.45, 2.75) is 69.2 Å². The molecule has 240 valence electrons. The molecule has 0 saturated heterocycles. The zero-order valence-corrected chi connectivity index (χ0v) is 28.2. The number of methoxy groups -OCH3 is 1. The van der Waals surface area contributed by atoms with Crippen LogP contribution in [0.3, 0.4) is 0 Å². The normalized spacial score (nSPS) is 11.7. The van der Waals surface area contributed by atoms with Crippen molar-refractivity contribution in [3.8, 4) is 34.5 Å². The molecule has 0 spiro atoms. The van der Waals surface area contributed by atoms with Crippen LogP contribution in [0.2, 0.25) is 0 Å². The number of hydrogen-bond donors (Lipinski definition) is 0. The molecule has 43 heavy (non-hydrogen) atoms.